The van der Waals surface area contributed by atoms with Gasteiger partial charge < -0.3 is 4.74 Å². The largest absolute Gasteiger partial charge is 0.489 e. The van der Waals surface area contributed by atoms with Gasteiger partial charge in [-0.05, 0) is 37.7 Å². The molecule has 5 heteroatoms. The van der Waals surface area contributed by atoms with E-state index >= 15 is 0 Å². The molecule has 2 rings (SSSR count). The van der Waals surface area contributed by atoms with E-state index in [0.29, 0.717) is 10.8 Å². The van der Waals surface area contributed by atoms with Gasteiger partial charge in [-0.3, -0.25) is 10.1 Å². The van der Waals surface area contributed by atoms with E-state index in [1.54, 1.807) is 0 Å². The third-order valence-electron chi connectivity index (χ3n) is 3.38. The summed E-state index contributed by atoms with van der Waals surface area (Å²) in [6.07, 6.45) is 4.37. The highest BCUT2D eigenvalue weighted by Gasteiger charge is 2.21. The molecule has 18 heavy (non-hydrogen) atoms. The van der Waals surface area contributed by atoms with Crippen molar-refractivity contribution in [3.8, 4) is 5.75 Å². The van der Waals surface area contributed by atoms with Gasteiger partial charge in [-0.2, -0.15) is 0 Å². The van der Waals surface area contributed by atoms with Crippen molar-refractivity contribution < 1.29 is 9.66 Å². The Hall–Kier alpha value is -1.29. The summed E-state index contributed by atoms with van der Waals surface area (Å²) in [5.41, 5.74) is 0.0126. The first-order valence-corrected chi connectivity index (χ1v) is 6.54. The van der Waals surface area contributed by atoms with Crippen LogP contribution in [0.5, 0.6) is 5.75 Å². The summed E-state index contributed by atoms with van der Waals surface area (Å²) in [6.45, 7) is 2.23. The van der Waals surface area contributed by atoms with E-state index in [-0.39, 0.29) is 11.8 Å². The quantitative estimate of drug-likeness (QED) is 0.610. The van der Waals surface area contributed by atoms with E-state index in [9.17, 15) is 10.1 Å². The molecule has 0 amide bonds. The van der Waals surface area contributed by atoms with E-state index in [1.807, 2.05) is 0 Å². The van der Waals surface area contributed by atoms with Gasteiger partial charge in [0, 0.05) is 6.07 Å². The molecule has 0 spiro atoms. The normalized spacial score (nSPS) is 23.7. The highest BCUT2D eigenvalue weighted by molar-refractivity contribution is 6.32. The zero-order chi connectivity index (χ0) is 13.1. The van der Waals surface area contributed by atoms with Crippen LogP contribution in [0.1, 0.15) is 32.6 Å². The van der Waals surface area contributed by atoms with Gasteiger partial charge in [-0.25, -0.2) is 0 Å². The summed E-state index contributed by atoms with van der Waals surface area (Å²) < 4.78 is 5.79. The minimum absolute atomic E-state index is 0.0126. The van der Waals surface area contributed by atoms with Gasteiger partial charge in [0.15, 0.2) is 0 Å². The maximum absolute atomic E-state index is 10.7. The fraction of sp³-hybridized carbons (Fsp3) is 0.538. The summed E-state index contributed by atoms with van der Waals surface area (Å²) in [6, 6.07) is 4.30. The van der Waals surface area contributed by atoms with Gasteiger partial charge in [0.25, 0.3) is 5.69 Å². The fourth-order valence-corrected chi connectivity index (χ4v) is 2.38. The molecule has 0 heterocycles. The predicted molar refractivity (Wildman–Crippen MR) is 70.2 cm³/mol. The number of hydrogen-bond acceptors (Lipinski definition) is 3. The van der Waals surface area contributed by atoms with Crippen LogP contribution in [-0.2, 0) is 0 Å². The second-order valence-corrected chi connectivity index (χ2v) is 5.28. The highest BCUT2D eigenvalue weighted by Crippen LogP contribution is 2.33. The summed E-state index contributed by atoms with van der Waals surface area (Å²) in [4.78, 5) is 10.3. The first-order chi connectivity index (χ1) is 8.56. The van der Waals surface area contributed by atoms with Crippen molar-refractivity contribution in [1.29, 1.82) is 0 Å². The monoisotopic (exact) mass is 269 g/mol. The molecule has 0 aliphatic heterocycles. The van der Waals surface area contributed by atoms with Crippen LogP contribution in [0.2, 0.25) is 5.02 Å². The van der Waals surface area contributed by atoms with Gasteiger partial charge in [0.1, 0.15) is 5.75 Å². The number of nitrogens with zero attached hydrogens (tertiary/aromatic N) is 1. The Bertz CT molecular complexity index is 442. The van der Waals surface area contributed by atoms with Crippen LogP contribution in [0.15, 0.2) is 18.2 Å². The number of ether oxygens (including phenoxy) is 1. The molecule has 1 aliphatic rings. The fourth-order valence-electron chi connectivity index (χ4n) is 2.22. The zero-order valence-electron chi connectivity index (χ0n) is 10.3. The lowest BCUT2D eigenvalue weighted by molar-refractivity contribution is -0.384. The van der Waals surface area contributed by atoms with Gasteiger partial charge in [-0.1, -0.05) is 18.5 Å². The molecule has 0 saturated heterocycles. The Kier molecular flexibility index (Phi) is 4.07. The SMILES string of the molecule is CC1CCC(Oc2cc([N+](=O)[O-])ccc2Cl)CC1. The molecule has 0 aromatic heterocycles. The van der Waals surface area contributed by atoms with Crippen LogP contribution in [0, 0.1) is 16.0 Å². The molecule has 0 N–H and O–H groups in total. The van der Waals surface area contributed by atoms with Crippen LogP contribution in [-0.4, -0.2) is 11.0 Å². The summed E-state index contributed by atoms with van der Waals surface area (Å²) in [5.74, 6) is 1.16. The van der Waals surface area contributed by atoms with Crippen LogP contribution < -0.4 is 4.74 Å². The molecule has 4 nitrogen and oxygen atoms in total. The third-order valence-corrected chi connectivity index (χ3v) is 3.69. The van der Waals surface area contributed by atoms with E-state index in [1.165, 1.54) is 18.2 Å². The average molecular weight is 270 g/mol. The second kappa shape index (κ2) is 5.57. The molecular formula is C13H16ClNO3. The summed E-state index contributed by atoms with van der Waals surface area (Å²) in [7, 11) is 0. The van der Waals surface area contributed by atoms with Crippen molar-refractivity contribution in [2.24, 2.45) is 5.92 Å². The number of non-ortho nitro benzene ring substituents is 1. The standard InChI is InChI=1S/C13H16ClNO3/c1-9-2-5-11(6-3-9)18-13-8-10(15(16)17)4-7-12(13)14/h4,7-9,11H,2-3,5-6H2,1H3. The first kappa shape index (κ1) is 13.1. The van der Waals surface area contributed by atoms with Crippen LogP contribution >= 0.6 is 11.6 Å². The van der Waals surface area contributed by atoms with Crippen LogP contribution in [0.4, 0.5) is 5.69 Å². The van der Waals surface area contributed by atoms with Crippen molar-refractivity contribution in [1.82, 2.24) is 0 Å². The van der Waals surface area contributed by atoms with Crippen LogP contribution in [0.25, 0.3) is 0 Å². The lowest BCUT2D eigenvalue weighted by atomic mass is 9.89. The van der Waals surface area contributed by atoms with Gasteiger partial charge in [0.2, 0.25) is 0 Å². The molecule has 1 fully saturated rings. The van der Waals surface area contributed by atoms with Crippen molar-refractivity contribution in [2.45, 2.75) is 38.7 Å². The minimum Gasteiger partial charge on any atom is -0.489 e. The molecule has 98 valence electrons. The van der Waals surface area contributed by atoms with E-state index in [2.05, 4.69) is 6.92 Å². The van der Waals surface area contributed by atoms with Gasteiger partial charge in [0.05, 0.1) is 22.1 Å². The van der Waals surface area contributed by atoms with E-state index < -0.39 is 4.92 Å². The van der Waals surface area contributed by atoms with Gasteiger partial charge in [-0.15, -0.1) is 0 Å². The van der Waals surface area contributed by atoms with Crippen molar-refractivity contribution in [3.63, 3.8) is 0 Å². The molecule has 0 unspecified atom stereocenters. The van der Waals surface area contributed by atoms with E-state index in [0.717, 1.165) is 31.6 Å². The lowest BCUT2D eigenvalue weighted by Crippen LogP contribution is -2.23. The Morgan fingerprint density at radius 3 is 2.61 bits per heavy atom. The number of rotatable bonds is 3. The molecule has 0 atom stereocenters. The Morgan fingerprint density at radius 1 is 1.33 bits per heavy atom. The van der Waals surface area contributed by atoms with Crippen molar-refractivity contribution in [3.05, 3.63) is 33.3 Å². The van der Waals surface area contributed by atoms with E-state index in [4.69, 9.17) is 16.3 Å². The maximum atomic E-state index is 10.7. The predicted octanol–water partition coefficient (Wildman–Crippen LogP) is 4.21. The number of hydrogen-bond donors (Lipinski definition) is 0. The van der Waals surface area contributed by atoms with Crippen molar-refractivity contribution >= 4 is 17.3 Å². The summed E-state index contributed by atoms with van der Waals surface area (Å²) in [5, 5.41) is 11.1. The topological polar surface area (TPSA) is 52.4 Å². The number of halogens is 1. The molecule has 1 aliphatic carbocycles. The smallest absolute Gasteiger partial charge is 0.273 e. The molecule has 1 saturated carbocycles. The minimum atomic E-state index is -0.438. The molecular weight excluding hydrogens is 254 g/mol. The van der Waals surface area contributed by atoms with Crippen molar-refractivity contribution in [2.75, 3.05) is 0 Å². The zero-order valence-corrected chi connectivity index (χ0v) is 11.0. The molecule has 0 radical (unpaired) electrons. The maximum Gasteiger partial charge on any atom is 0.273 e. The second-order valence-electron chi connectivity index (χ2n) is 4.87. The molecule has 1 aromatic carbocycles. The Labute approximate surface area is 111 Å². The third kappa shape index (κ3) is 3.13. The lowest BCUT2D eigenvalue weighted by Gasteiger charge is -2.27. The number of nitro groups is 1. The van der Waals surface area contributed by atoms with Crippen LogP contribution in [0.3, 0.4) is 0 Å². The number of nitro benzene ring substituents is 1. The van der Waals surface area contributed by atoms with Gasteiger partial charge >= 0.3 is 0 Å². The number of benzene rings is 1. The Balaban J connectivity index is 2.08. The average Bonchev–Trinajstić information content (AvgIpc) is 2.34. The first-order valence-electron chi connectivity index (χ1n) is 6.17. The summed E-state index contributed by atoms with van der Waals surface area (Å²) >= 11 is 6.00. The Morgan fingerprint density at radius 2 is 2.00 bits per heavy atom. The molecule has 1 aromatic rings. The highest BCUT2D eigenvalue weighted by atomic mass is 35.5. The molecule has 0 bridgehead atoms.